The van der Waals surface area contributed by atoms with Gasteiger partial charge in [0, 0.05) is 6.61 Å². The maximum absolute atomic E-state index is 11.7. The van der Waals surface area contributed by atoms with Gasteiger partial charge in [-0.05, 0) is 19.8 Å². The van der Waals surface area contributed by atoms with E-state index in [4.69, 9.17) is 4.74 Å². The Hall–Kier alpha value is -1.43. The van der Waals surface area contributed by atoms with Crippen molar-refractivity contribution in [3.05, 3.63) is 12.2 Å². The van der Waals surface area contributed by atoms with Crippen molar-refractivity contribution in [3.8, 4) is 0 Å². The standard InChI is InChI=1S/C9H14N4O2/c1-9(3-2-4-15-5-9)12-8(14)7-10-6-11-13-7/h6H,2-5H2,1H3,(H,12,14)(H,10,11,13). The van der Waals surface area contributed by atoms with Gasteiger partial charge in [-0.3, -0.25) is 9.89 Å². The molecule has 0 bridgehead atoms. The fourth-order valence-electron chi connectivity index (χ4n) is 1.68. The van der Waals surface area contributed by atoms with Crippen LogP contribution in [0.3, 0.4) is 0 Å². The highest BCUT2D eigenvalue weighted by Gasteiger charge is 2.30. The van der Waals surface area contributed by atoms with E-state index in [1.807, 2.05) is 6.92 Å². The van der Waals surface area contributed by atoms with Crippen molar-refractivity contribution < 1.29 is 9.53 Å². The van der Waals surface area contributed by atoms with Crippen molar-refractivity contribution in [1.29, 1.82) is 0 Å². The SMILES string of the molecule is CC1(NC(=O)c2ncn[nH]2)CCCOC1. The lowest BCUT2D eigenvalue weighted by atomic mass is 9.95. The van der Waals surface area contributed by atoms with E-state index in [2.05, 4.69) is 20.5 Å². The summed E-state index contributed by atoms with van der Waals surface area (Å²) in [5, 5.41) is 9.06. The number of aromatic amines is 1. The molecule has 1 fully saturated rings. The Labute approximate surface area is 87.4 Å². The summed E-state index contributed by atoms with van der Waals surface area (Å²) < 4.78 is 5.34. The van der Waals surface area contributed by atoms with Crippen LogP contribution in [0.5, 0.6) is 0 Å². The van der Waals surface area contributed by atoms with Gasteiger partial charge in [-0.15, -0.1) is 0 Å². The van der Waals surface area contributed by atoms with Crippen LogP contribution >= 0.6 is 0 Å². The minimum Gasteiger partial charge on any atom is -0.379 e. The predicted octanol–water partition coefficient (Wildman–Crippen LogP) is 0.104. The Morgan fingerprint density at radius 1 is 1.73 bits per heavy atom. The summed E-state index contributed by atoms with van der Waals surface area (Å²) in [6.07, 6.45) is 3.20. The van der Waals surface area contributed by atoms with Gasteiger partial charge in [0.1, 0.15) is 6.33 Å². The number of nitrogens with one attached hydrogen (secondary N) is 2. The summed E-state index contributed by atoms with van der Waals surface area (Å²) >= 11 is 0. The van der Waals surface area contributed by atoms with Gasteiger partial charge in [-0.25, -0.2) is 4.98 Å². The van der Waals surface area contributed by atoms with Crippen LogP contribution in [0.15, 0.2) is 6.33 Å². The molecule has 0 radical (unpaired) electrons. The maximum Gasteiger partial charge on any atom is 0.289 e. The highest BCUT2D eigenvalue weighted by Crippen LogP contribution is 2.18. The molecule has 2 heterocycles. The quantitative estimate of drug-likeness (QED) is 0.725. The van der Waals surface area contributed by atoms with Crippen molar-refractivity contribution in [3.63, 3.8) is 0 Å². The van der Waals surface area contributed by atoms with E-state index in [1.54, 1.807) is 0 Å². The molecule has 0 aliphatic carbocycles. The topological polar surface area (TPSA) is 79.9 Å². The molecule has 1 aromatic heterocycles. The van der Waals surface area contributed by atoms with Gasteiger partial charge < -0.3 is 10.1 Å². The fraction of sp³-hybridized carbons (Fsp3) is 0.667. The van der Waals surface area contributed by atoms with Crippen LogP contribution in [0, 0.1) is 0 Å². The molecular formula is C9H14N4O2. The maximum atomic E-state index is 11.7. The van der Waals surface area contributed by atoms with Crippen LogP contribution in [0.1, 0.15) is 30.4 Å². The molecule has 6 heteroatoms. The molecule has 2 N–H and O–H groups in total. The van der Waals surface area contributed by atoms with Gasteiger partial charge in [-0.2, -0.15) is 5.10 Å². The Balaban J connectivity index is 1.98. The third-order valence-corrected chi connectivity index (χ3v) is 2.48. The van der Waals surface area contributed by atoms with Crippen LogP contribution in [0.4, 0.5) is 0 Å². The molecule has 1 amide bonds. The number of ether oxygens (including phenoxy) is 1. The number of aromatic nitrogens is 3. The van der Waals surface area contributed by atoms with Crippen molar-refractivity contribution in [2.24, 2.45) is 0 Å². The van der Waals surface area contributed by atoms with E-state index >= 15 is 0 Å². The minimum atomic E-state index is -0.290. The van der Waals surface area contributed by atoms with Gasteiger partial charge >= 0.3 is 0 Å². The molecule has 1 saturated heterocycles. The average Bonchev–Trinajstić information content (AvgIpc) is 2.70. The number of carbonyl (C=O) groups excluding carboxylic acids is 1. The summed E-state index contributed by atoms with van der Waals surface area (Å²) in [5.41, 5.74) is -0.290. The van der Waals surface area contributed by atoms with Crippen molar-refractivity contribution in [1.82, 2.24) is 20.5 Å². The van der Waals surface area contributed by atoms with E-state index in [-0.39, 0.29) is 17.3 Å². The van der Waals surface area contributed by atoms with Crippen molar-refractivity contribution in [2.75, 3.05) is 13.2 Å². The van der Waals surface area contributed by atoms with Gasteiger partial charge in [0.05, 0.1) is 12.1 Å². The second-order valence-electron chi connectivity index (χ2n) is 4.01. The number of hydrogen-bond donors (Lipinski definition) is 2. The fourth-order valence-corrected chi connectivity index (χ4v) is 1.68. The summed E-state index contributed by atoms with van der Waals surface area (Å²) in [5.74, 6) is 0.00213. The molecule has 0 spiro atoms. The first-order valence-electron chi connectivity index (χ1n) is 4.95. The number of carbonyl (C=O) groups is 1. The molecule has 0 saturated carbocycles. The van der Waals surface area contributed by atoms with Crippen LogP contribution in [0.25, 0.3) is 0 Å². The summed E-state index contributed by atoms with van der Waals surface area (Å²) in [6.45, 7) is 3.29. The van der Waals surface area contributed by atoms with E-state index in [1.165, 1.54) is 6.33 Å². The second-order valence-corrected chi connectivity index (χ2v) is 4.01. The second kappa shape index (κ2) is 3.98. The molecule has 82 valence electrons. The average molecular weight is 210 g/mol. The highest BCUT2D eigenvalue weighted by molar-refractivity contribution is 5.90. The number of hydrogen-bond acceptors (Lipinski definition) is 4. The lowest BCUT2D eigenvalue weighted by molar-refractivity contribution is 0.0270. The first-order valence-corrected chi connectivity index (χ1v) is 4.95. The largest absolute Gasteiger partial charge is 0.379 e. The normalized spacial score (nSPS) is 26.2. The van der Waals surface area contributed by atoms with Crippen LogP contribution in [0.2, 0.25) is 0 Å². The third-order valence-electron chi connectivity index (χ3n) is 2.48. The molecule has 1 unspecified atom stereocenters. The Kier molecular flexibility index (Phi) is 2.68. The molecule has 0 aromatic carbocycles. The predicted molar refractivity (Wildman–Crippen MR) is 52.3 cm³/mol. The lowest BCUT2D eigenvalue weighted by Gasteiger charge is -2.33. The van der Waals surface area contributed by atoms with Gasteiger partial charge in [-0.1, -0.05) is 0 Å². The zero-order valence-electron chi connectivity index (χ0n) is 8.62. The monoisotopic (exact) mass is 210 g/mol. The molecule has 6 nitrogen and oxygen atoms in total. The van der Waals surface area contributed by atoms with Gasteiger partial charge in [0.15, 0.2) is 0 Å². The summed E-state index contributed by atoms with van der Waals surface area (Å²) in [6, 6.07) is 0. The number of amides is 1. The van der Waals surface area contributed by atoms with Gasteiger partial charge in [0.25, 0.3) is 5.91 Å². The zero-order valence-corrected chi connectivity index (χ0v) is 8.62. The molecule has 1 atom stereocenters. The molecule has 1 aromatic rings. The molecule has 2 rings (SSSR count). The van der Waals surface area contributed by atoms with Crippen molar-refractivity contribution >= 4 is 5.91 Å². The van der Waals surface area contributed by atoms with E-state index in [0.717, 1.165) is 19.4 Å². The molecular weight excluding hydrogens is 196 g/mol. The summed E-state index contributed by atoms with van der Waals surface area (Å²) in [4.78, 5) is 15.5. The Bertz CT molecular complexity index is 330. The number of H-pyrrole nitrogens is 1. The Morgan fingerprint density at radius 2 is 2.60 bits per heavy atom. The first-order chi connectivity index (χ1) is 7.20. The third kappa shape index (κ3) is 2.33. The van der Waals surface area contributed by atoms with Gasteiger partial charge in [0.2, 0.25) is 5.82 Å². The lowest BCUT2D eigenvalue weighted by Crippen LogP contribution is -2.51. The van der Waals surface area contributed by atoms with Crippen LogP contribution < -0.4 is 5.32 Å². The van der Waals surface area contributed by atoms with E-state index in [9.17, 15) is 4.79 Å². The molecule has 1 aliphatic heterocycles. The molecule has 15 heavy (non-hydrogen) atoms. The van der Waals surface area contributed by atoms with Crippen molar-refractivity contribution in [2.45, 2.75) is 25.3 Å². The number of nitrogens with zero attached hydrogens (tertiary/aromatic N) is 2. The number of rotatable bonds is 2. The van der Waals surface area contributed by atoms with E-state index < -0.39 is 0 Å². The Morgan fingerprint density at radius 3 is 3.20 bits per heavy atom. The highest BCUT2D eigenvalue weighted by atomic mass is 16.5. The zero-order chi connectivity index (χ0) is 10.7. The van der Waals surface area contributed by atoms with Crippen LogP contribution in [-0.2, 0) is 4.74 Å². The van der Waals surface area contributed by atoms with E-state index in [0.29, 0.717) is 6.61 Å². The summed E-state index contributed by atoms with van der Waals surface area (Å²) in [7, 11) is 0. The molecule has 1 aliphatic rings. The first kappa shape index (κ1) is 10.1. The van der Waals surface area contributed by atoms with Crippen LogP contribution in [-0.4, -0.2) is 39.8 Å². The minimum absolute atomic E-state index is 0.236. The smallest absolute Gasteiger partial charge is 0.289 e.